The molecule has 124 valence electrons. The number of amides is 1. The number of hydrogen-bond acceptors (Lipinski definition) is 4. The van der Waals surface area contributed by atoms with Crippen LogP contribution >= 0.6 is 11.8 Å². The number of rotatable bonds is 4. The van der Waals surface area contributed by atoms with Crippen molar-refractivity contribution in [2.45, 2.75) is 17.5 Å². The maximum atomic E-state index is 13.6. The second-order valence-electron chi connectivity index (χ2n) is 5.48. The lowest BCUT2D eigenvalue weighted by Crippen LogP contribution is -2.33. The first kappa shape index (κ1) is 16.4. The average molecular weight is 345 g/mol. The maximum Gasteiger partial charge on any atom is 0.279 e. The molecule has 1 aliphatic heterocycles. The van der Waals surface area contributed by atoms with Crippen LogP contribution in [0.15, 0.2) is 46.9 Å². The monoisotopic (exact) mass is 345 g/mol. The van der Waals surface area contributed by atoms with Crippen molar-refractivity contribution in [2.75, 3.05) is 11.1 Å². The number of nitrogens with zero attached hydrogens (tertiary/aromatic N) is 2. The van der Waals surface area contributed by atoms with E-state index < -0.39 is 17.3 Å². The topological polar surface area (TPSA) is 64.0 Å². The van der Waals surface area contributed by atoms with Gasteiger partial charge in [-0.2, -0.15) is 4.98 Å². The molecule has 0 saturated carbocycles. The van der Waals surface area contributed by atoms with E-state index in [1.165, 1.54) is 23.9 Å². The highest BCUT2D eigenvalue weighted by atomic mass is 32.2. The molecule has 0 spiro atoms. The summed E-state index contributed by atoms with van der Waals surface area (Å²) in [7, 11) is 1.74. The van der Waals surface area contributed by atoms with Gasteiger partial charge in [0.2, 0.25) is 5.91 Å². The Morgan fingerprint density at radius 1 is 1.50 bits per heavy atom. The fourth-order valence-electron chi connectivity index (χ4n) is 2.81. The van der Waals surface area contributed by atoms with Crippen LogP contribution in [0.25, 0.3) is 0 Å². The van der Waals surface area contributed by atoms with Gasteiger partial charge in [-0.15, -0.1) is 6.58 Å². The first-order valence-corrected chi connectivity index (χ1v) is 8.39. The number of anilines is 1. The highest BCUT2D eigenvalue weighted by Gasteiger charge is 2.32. The molecule has 2 aromatic rings. The summed E-state index contributed by atoms with van der Waals surface area (Å²) in [5.41, 5.74) is 0.589. The van der Waals surface area contributed by atoms with Gasteiger partial charge < -0.3 is 9.88 Å². The van der Waals surface area contributed by atoms with E-state index >= 15 is 0 Å². The third-order valence-corrected chi connectivity index (χ3v) is 4.91. The van der Waals surface area contributed by atoms with Gasteiger partial charge in [0.25, 0.3) is 5.56 Å². The van der Waals surface area contributed by atoms with Crippen LogP contribution in [0, 0.1) is 5.82 Å². The van der Waals surface area contributed by atoms with Gasteiger partial charge >= 0.3 is 0 Å². The highest BCUT2D eigenvalue weighted by Crippen LogP contribution is 2.35. The van der Waals surface area contributed by atoms with Crippen LogP contribution in [-0.4, -0.2) is 21.2 Å². The number of halogens is 1. The van der Waals surface area contributed by atoms with E-state index in [1.54, 1.807) is 29.8 Å². The van der Waals surface area contributed by atoms with Crippen LogP contribution in [0.2, 0.25) is 0 Å². The Morgan fingerprint density at radius 3 is 3.00 bits per heavy atom. The second kappa shape index (κ2) is 6.60. The molecule has 1 N–H and O–H groups in total. The molecule has 0 bridgehead atoms. The molecule has 0 saturated heterocycles. The Labute approximate surface area is 142 Å². The number of aromatic nitrogens is 2. The summed E-state index contributed by atoms with van der Waals surface area (Å²) < 4.78 is 15.3. The number of benzene rings is 1. The normalized spacial score (nSPS) is 16.4. The van der Waals surface area contributed by atoms with Gasteiger partial charge in [0.1, 0.15) is 11.6 Å². The first-order chi connectivity index (χ1) is 11.5. The van der Waals surface area contributed by atoms with Crippen LogP contribution in [0.4, 0.5) is 10.2 Å². The minimum absolute atomic E-state index is 0.0898. The molecule has 24 heavy (non-hydrogen) atoms. The van der Waals surface area contributed by atoms with Crippen LogP contribution < -0.4 is 10.9 Å². The van der Waals surface area contributed by atoms with Gasteiger partial charge in [-0.1, -0.05) is 30.0 Å². The predicted molar refractivity (Wildman–Crippen MR) is 91.9 cm³/mol. The van der Waals surface area contributed by atoms with Crippen molar-refractivity contribution < 1.29 is 9.18 Å². The lowest BCUT2D eigenvalue weighted by molar-refractivity contribution is -0.116. The third kappa shape index (κ3) is 2.99. The van der Waals surface area contributed by atoms with Crippen molar-refractivity contribution in [1.29, 1.82) is 0 Å². The Bertz CT molecular complexity index is 879. The molecule has 7 heteroatoms. The summed E-state index contributed by atoms with van der Waals surface area (Å²) in [5, 5.41) is 3.25. The number of hydrogen-bond donors (Lipinski definition) is 1. The zero-order valence-electron chi connectivity index (χ0n) is 13.1. The molecule has 1 aromatic heterocycles. The van der Waals surface area contributed by atoms with E-state index in [1.807, 2.05) is 0 Å². The third-order valence-electron chi connectivity index (χ3n) is 3.88. The minimum Gasteiger partial charge on any atom is -0.312 e. The second-order valence-corrected chi connectivity index (χ2v) is 6.47. The lowest BCUT2D eigenvalue weighted by Gasteiger charge is -2.27. The summed E-state index contributed by atoms with van der Waals surface area (Å²) in [6.45, 7) is 3.65. The molecule has 1 unspecified atom stereocenters. The fraction of sp³-hybridized carbons (Fsp3) is 0.235. The van der Waals surface area contributed by atoms with Gasteiger partial charge in [0, 0.05) is 25.1 Å². The average Bonchev–Trinajstić information content (AvgIpc) is 2.56. The van der Waals surface area contributed by atoms with E-state index in [2.05, 4.69) is 16.9 Å². The van der Waals surface area contributed by atoms with Crippen LogP contribution in [0.3, 0.4) is 0 Å². The van der Waals surface area contributed by atoms with Crippen molar-refractivity contribution in [3.8, 4) is 0 Å². The Balaban J connectivity index is 2.16. The van der Waals surface area contributed by atoms with E-state index in [0.29, 0.717) is 27.9 Å². The predicted octanol–water partition coefficient (Wildman–Crippen LogP) is 2.67. The summed E-state index contributed by atoms with van der Waals surface area (Å²) in [4.78, 5) is 28.8. The Morgan fingerprint density at radius 2 is 2.29 bits per heavy atom. The van der Waals surface area contributed by atoms with Crippen molar-refractivity contribution in [1.82, 2.24) is 9.55 Å². The summed E-state index contributed by atoms with van der Waals surface area (Å²) in [6, 6.07) is 5.98. The summed E-state index contributed by atoms with van der Waals surface area (Å²) >= 11 is 1.36. The van der Waals surface area contributed by atoms with Gasteiger partial charge in [-0.3, -0.25) is 9.59 Å². The number of carbonyl (C=O) groups excluding carboxylic acids is 1. The molecule has 1 aromatic carbocycles. The highest BCUT2D eigenvalue weighted by molar-refractivity contribution is 7.99. The Kier molecular flexibility index (Phi) is 4.53. The fourth-order valence-corrected chi connectivity index (χ4v) is 3.51. The largest absolute Gasteiger partial charge is 0.312 e. The van der Waals surface area contributed by atoms with E-state index in [9.17, 15) is 14.0 Å². The molecule has 1 atom stereocenters. The van der Waals surface area contributed by atoms with Crippen LogP contribution in [-0.2, 0) is 11.8 Å². The van der Waals surface area contributed by atoms with Crippen molar-refractivity contribution in [2.24, 2.45) is 7.05 Å². The molecule has 0 fully saturated rings. The summed E-state index contributed by atoms with van der Waals surface area (Å²) in [5.74, 6) is -0.0952. The zero-order chi connectivity index (χ0) is 17.3. The van der Waals surface area contributed by atoms with Gasteiger partial charge in [-0.25, -0.2) is 4.39 Å². The standard InChI is InChI=1S/C17H16FN3O2S/c1-3-7-24-17-20-16(23)14-12(10-5-4-6-11(18)8-10)9-13(22)19-15(14)21(17)2/h3-6,8,12H,1,7,9H2,2H3,(H,19,22). The number of nitrogens with one attached hydrogen (secondary N) is 1. The van der Waals surface area contributed by atoms with Crippen LogP contribution in [0.1, 0.15) is 23.5 Å². The number of carbonyl (C=O) groups is 1. The quantitative estimate of drug-likeness (QED) is 0.526. The minimum atomic E-state index is -0.505. The van der Waals surface area contributed by atoms with Crippen molar-refractivity contribution in [3.05, 3.63) is 64.2 Å². The SMILES string of the molecule is C=CCSc1nc(=O)c2c(n1C)NC(=O)CC2c1cccc(F)c1. The molecular formula is C17H16FN3O2S. The first-order valence-electron chi connectivity index (χ1n) is 7.41. The molecule has 2 heterocycles. The maximum absolute atomic E-state index is 13.6. The molecule has 1 amide bonds. The molecule has 3 rings (SSSR count). The van der Waals surface area contributed by atoms with E-state index in [0.717, 1.165) is 0 Å². The molecule has 0 aliphatic carbocycles. The molecule has 1 aliphatic rings. The number of fused-ring (bicyclic) bond motifs is 1. The molecule has 0 radical (unpaired) electrons. The van der Waals surface area contributed by atoms with E-state index in [-0.39, 0.29) is 12.3 Å². The van der Waals surface area contributed by atoms with Gasteiger partial charge in [0.15, 0.2) is 5.16 Å². The van der Waals surface area contributed by atoms with Gasteiger partial charge in [-0.05, 0) is 17.7 Å². The Hall–Kier alpha value is -2.41. The van der Waals surface area contributed by atoms with Crippen molar-refractivity contribution >= 4 is 23.5 Å². The zero-order valence-corrected chi connectivity index (χ0v) is 13.9. The van der Waals surface area contributed by atoms with Crippen LogP contribution in [0.5, 0.6) is 0 Å². The van der Waals surface area contributed by atoms with Gasteiger partial charge in [0.05, 0.1) is 5.56 Å². The summed E-state index contributed by atoms with van der Waals surface area (Å²) in [6.07, 6.45) is 1.80. The molecular weight excluding hydrogens is 329 g/mol. The smallest absolute Gasteiger partial charge is 0.279 e. The lowest BCUT2D eigenvalue weighted by atomic mass is 9.87. The van der Waals surface area contributed by atoms with E-state index in [4.69, 9.17) is 0 Å². The van der Waals surface area contributed by atoms with Crippen molar-refractivity contribution in [3.63, 3.8) is 0 Å². The number of thioether (sulfide) groups is 1. The molecule has 5 nitrogen and oxygen atoms in total.